The average molecular weight is 233 g/mol. The molecule has 0 bridgehead atoms. The third-order valence-corrected chi connectivity index (χ3v) is 3.00. The van der Waals surface area contributed by atoms with Crippen molar-refractivity contribution in [1.82, 2.24) is 4.72 Å². The van der Waals surface area contributed by atoms with E-state index >= 15 is 0 Å². The summed E-state index contributed by atoms with van der Waals surface area (Å²) in [5, 5.41) is 0. The van der Waals surface area contributed by atoms with Gasteiger partial charge < -0.3 is 4.74 Å². The van der Waals surface area contributed by atoms with Crippen LogP contribution in [0.4, 0.5) is 0 Å². The van der Waals surface area contributed by atoms with Crippen LogP contribution in [0.2, 0.25) is 0 Å². The first-order valence-corrected chi connectivity index (χ1v) is 6.56. The summed E-state index contributed by atoms with van der Waals surface area (Å²) in [6.07, 6.45) is 4.59. The average Bonchev–Trinajstić information content (AvgIpc) is 2.15. The van der Waals surface area contributed by atoms with Gasteiger partial charge in [-0.1, -0.05) is 6.08 Å². The van der Waals surface area contributed by atoms with E-state index in [4.69, 9.17) is 0 Å². The van der Waals surface area contributed by atoms with Crippen LogP contribution in [0.3, 0.4) is 0 Å². The van der Waals surface area contributed by atoms with Gasteiger partial charge in [-0.3, -0.25) is 0 Å². The first kappa shape index (κ1) is 12.2. The fraction of sp³-hybridized carbons (Fsp3) is 0.667. The van der Waals surface area contributed by atoms with Crippen LogP contribution in [-0.2, 0) is 19.6 Å². The molecule has 0 amide bonds. The van der Waals surface area contributed by atoms with Gasteiger partial charge in [0.2, 0.25) is 10.0 Å². The summed E-state index contributed by atoms with van der Waals surface area (Å²) in [5.41, 5.74) is 0.629. The molecule has 1 N–H and O–H groups in total. The standard InChI is InChI=1S/C9H15NO4S/c1-14-9(11)7-3-5-8(6-4-7)10-15(2,12)13/h3,8,10H,4-6H2,1-2H3. The molecule has 15 heavy (non-hydrogen) atoms. The first-order valence-electron chi connectivity index (χ1n) is 4.67. The number of esters is 1. The van der Waals surface area contributed by atoms with Crippen LogP contribution >= 0.6 is 0 Å². The topological polar surface area (TPSA) is 72.5 Å². The molecule has 1 aliphatic rings. The molecule has 1 unspecified atom stereocenters. The minimum absolute atomic E-state index is 0.103. The van der Waals surface area contributed by atoms with E-state index in [-0.39, 0.29) is 12.0 Å². The van der Waals surface area contributed by atoms with Crippen molar-refractivity contribution in [1.29, 1.82) is 0 Å². The number of ether oxygens (including phenoxy) is 1. The van der Waals surface area contributed by atoms with Crippen molar-refractivity contribution in [2.24, 2.45) is 0 Å². The zero-order chi connectivity index (χ0) is 11.5. The normalized spacial score (nSPS) is 22.0. The molecule has 6 heteroatoms. The lowest BCUT2D eigenvalue weighted by Gasteiger charge is -2.20. The minimum Gasteiger partial charge on any atom is -0.466 e. The maximum Gasteiger partial charge on any atom is 0.333 e. The van der Waals surface area contributed by atoms with E-state index in [1.54, 1.807) is 6.08 Å². The Balaban J connectivity index is 2.55. The molecule has 5 nitrogen and oxygen atoms in total. The van der Waals surface area contributed by atoms with Gasteiger partial charge in [-0.15, -0.1) is 0 Å². The predicted octanol–water partition coefficient (Wildman–Crippen LogP) is 0.188. The van der Waals surface area contributed by atoms with Crippen LogP contribution < -0.4 is 4.72 Å². The van der Waals surface area contributed by atoms with Crippen LogP contribution in [0.1, 0.15) is 19.3 Å². The van der Waals surface area contributed by atoms with Crippen molar-refractivity contribution < 1.29 is 17.9 Å². The van der Waals surface area contributed by atoms with E-state index in [9.17, 15) is 13.2 Å². The summed E-state index contributed by atoms with van der Waals surface area (Å²) in [5.74, 6) is -0.326. The number of carbonyl (C=O) groups is 1. The fourth-order valence-corrected chi connectivity index (χ4v) is 2.38. The SMILES string of the molecule is COC(=O)C1=CCC(NS(C)(=O)=O)CC1. The van der Waals surface area contributed by atoms with Gasteiger partial charge in [0.05, 0.1) is 13.4 Å². The molecule has 0 saturated heterocycles. The van der Waals surface area contributed by atoms with E-state index in [2.05, 4.69) is 9.46 Å². The molecule has 0 saturated carbocycles. The maximum atomic E-state index is 11.1. The fourth-order valence-electron chi connectivity index (χ4n) is 1.56. The Morgan fingerprint density at radius 1 is 1.60 bits per heavy atom. The van der Waals surface area contributed by atoms with E-state index in [1.165, 1.54) is 7.11 Å². The van der Waals surface area contributed by atoms with Crippen LogP contribution in [0.15, 0.2) is 11.6 Å². The number of carbonyl (C=O) groups excluding carboxylic acids is 1. The summed E-state index contributed by atoms with van der Waals surface area (Å²) in [6.45, 7) is 0. The van der Waals surface area contributed by atoms with Gasteiger partial charge in [0, 0.05) is 11.6 Å². The Bertz CT molecular complexity index is 372. The van der Waals surface area contributed by atoms with Gasteiger partial charge in [0.25, 0.3) is 0 Å². The Labute approximate surface area is 89.5 Å². The Morgan fingerprint density at radius 2 is 2.27 bits per heavy atom. The molecule has 0 aliphatic heterocycles. The highest BCUT2D eigenvalue weighted by molar-refractivity contribution is 7.88. The lowest BCUT2D eigenvalue weighted by Crippen LogP contribution is -2.35. The van der Waals surface area contributed by atoms with Gasteiger partial charge in [0.15, 0.2) is 0 Å². The van der Waals surface area contributed by atoms with Crippen molar-refractivity contribution in [3.05, 3.63) is 11.6 Å². The molecule has 0 heterocycles. The summed E-state index contributed by atoms with van der Waals surface area (Å²) in [6, 6.07) is -0.103. The van der Waals surface area contributed by atoms with E-state index in [0.29, 0.717) is 24.8 Å². The van der Waals surface area contributed by atoms with Crippen molar-refractivity contribution >= 4 is 16.0 Å². The number of nitrogens with one attached hydrogen (secondary N) is 1. The zero-order valence-corrected chi connectivity index (χ0v) is 9.63. The molecule has 0 radical (unpaired) electrons. The van der Waals surface area contributed by atoms with Crippen LogP contribution in [-0.4, -0.2) is 33.8 Å². The molecule has 1 rings (SSSR count). The lowest BCUT2D eigenvalue weighted by molar-refractivity contribution is -0.136. The molecule has 0 aromatic rings. The number of methoxy groups -OCH3 is 1. The van der Waals surface area contributed by atoms with Crippen LogP contribution in [0.25, 0.3) is 0 Å². The second-order valence-electron chi connectivity index (χ2n) is 3.58. The maximum absolute atomic E-state index is 11.1. The van der Waals surface area contributed by atoms with Gasteiger partial charge in [-0.25, -0.2) is 17.9 Å². The smallest absolute Gasteiger partial charge is 0.333 e. The predicted molar refractivity (Wildman–Crippen MR) is 55.7 cm³/mol. The van der Waals surface area contributed by atoms with Gasteiger partial charge in [0.1, 0.15) is 0 Å². The number of rotatable bonds is 3. The number of sulfonamides is 1. The van der Waals surface area contributed by atoms with Crippen molar-refractivity contribution in [2.75, 3.05) is 13.4 Å². The molecule has 1 atom stereocenters. The molecule has 0 fully saturated rings. The van der Waals surface area contributed by atoms with E-state index in [1.807, 2.05) is 0 Å². The molecule has 0 aromatic heterocycles. The second-order valence-corrected chi connectivity index (χ2v) is 5.36. The van der Waals surface area contributed by atoms with Crippen molar-refractivity contribution in [2.45, 2.75) is 25.3 Å². The van der Waals surface area contributed by atoms with Crippen LogP contribution in [0.5, 0.6) is 0 Å². The van der Waals surface area contributed by atoms with Gasteiger partial charge >= 0.3 is 5.97 Å². The minimum atomic E-state index is -3.16. The van der Waals surface area contributed by atoms with Crippen molar-refractivity contribution in [3.8, 4) is 0 Å². The quantitative estimate of drug-likeness (QED) is 0.706. The highest BCUT2D eigenvalue weighted by Crippen LogP contribution is 2.19. The molecular formula is C9H15NO4S. The Kier molecular flexibility index (Phi) is 3.87. The molecule has 86 valence electrons. The summed E-state index contributed by atoms with van der Waals surface area (Å²) >= 11 is 0. The highest BCUT2D eigenvalue weighted by atomic mass is 32.2. The zero-order valence-electron chi connectivity index (χ0n) is 8.82. The first-order chi connectivity index (χ1) is 6.92. The van der Waals surface area contributed by atoms with Crippen molar-refractivity contribution in [3.63, 3.8) is 0 Å². The Hall–Kier alpha value is -0.880. The van der Waals surface area contributed by atoms with E-state index in [0.717, 1.165) is 6.26 Å². The molecule has 0 spiro atoms. The molecular weight excluding hydrogens is 218 g/mol. The Morgan fingerprint density at radius 3 is 2.67 bits per heavy atom. The largest absolute Gasteiger partial charge is 0.466 e. The summed E-state index contributed by atoms with van der Waals surface area (Å²) < 4.78 is 29.0. The third kappa shape index (κ3) is 4.01. The third-order valence-electron chi connectivity index (χ3n) is 2.24. The van der Waals surface area contributed by atoms with Gasteiger partial charge in [-0.2, -0.15) is 0 Å². The van der Waals surface area contributed by atoms with E-state index < -0.39 is 10.0 Å². The number of hydrogen-bond acceptors (Lipinski definition) is 4. The second kappa shape index (κ2) is 4.76. The number of hydrogen-bond donors (Lipinski definition) is 1. The molecule has 1 aliphatic carbocycles. The summed E-state index contributed by atoms with van der Waals surface area (Å²) in [4.78, 5) is 11.1. The van der Waals surface area contributed by atoms with Gasteiger partial charge in [-0.05, 0) is 19.3 Å². The monoisotopic (exact) mass is 233 g/mol. The summed E-state index contributed by atoms with van der Waals surface area (Å²) in [7, 11) is -1.83. The van der Waals surface area contributed by atoms with Crippen LogP contribution in [0, 0.1) is 0 Å². The molecule has 0 aromatic carbocycles. The highest BCUT2D eigenvalue weighted by Gasteiger charge is 2.20. The lowest BCUT2D eigenvalue weighted by atomic mass is 9.96.